The van der Waals surface area contributed by atoms with Crippen molar-refractivity contribution in [1.82, 2.24) is 20.2 Å². The van der Waals surface area contributed by atoms with Crippen LogP contribution in [-0.2, 0) is 21.3 Å². The molecule has 0 atom stereocenters. The highest BCUT2D eigenvalue weighted by atomic mass is 32.2. The smallest absolute Gasteiger partial charge is 0.257 e. The van der Waals surface area contributed by atoms with Gasteiger partial charge in [-0.2, -0.15) is 5.10 Å². The molecule has 1 rings (SSSR count). The molecule has 0 bridgehead atoms. The number of unbranched alkanes of at least 4 members (excludes halogenated alkanes) is 1. The van der Waals surface area contributed by atoms with Crippen molar-refractivity contribution in [2.45, 2.75) is 31.3 Å². The minimum atomic E-state index is -3.51. The number of hydrogen-bond acceptors (Lipinski definition) is 5. The summed E-state index contributed by atoms with van der Waals surface area (Å²) in [4.78, 5) is 0. The van der Waals surface area contributed by atoms with Crippen LogP contribution in [0.5, 0.6) is 0 Å². The maximum absolute atomic E-state index is 12.1. The molecule has 8 heteroatoms. The van der Waals surface area contributed by atoms with Gasteiger partial charge in [-0.1, -0.05) is 6.92 Å². The van der Waals surface area contributed by atoms with E-state index in [4.69, 9.17) is 4.74 Å². The molecule has 0 amide bonds. The molecule has 0 saturated heterocycles. The monoisotopic (exact) mass is 290 g/mol. The van der Waals surface area contributed by atoms with Gasteiger partial charge in [-0.05, 0) is 19.4 Å². The SMILES string of the molecule is CCNCc1cn[nH]c1S(=O)(=O)NCCCCOC. The van der Waals surface area contributed by atoms with Crippen LogP contribution in [0.4, 0.5) is 0 Å². The Bertz CT molecular complexity index is 458. The average Bonchev–Trinajstić information content (AvgIpc) is 2.85. The molecule has 19 heavy (non-hydrogen) atoms. The molecule has 0 spiro atoms. The van der Waals surface area contributed by atoms with Crippen LogP contribution in [0.1, 0.15) is 25.3 Å². The fraction of sp³-hybridized carbons (Fsp3) is 0.727. The van der Waals surface area contributed by atoms with Gasteiger partial charge in [-0.25, -0.2) is 13.1 Å². The summed E-state index contributed by atoms with van der Waals surface area (Å²) in [5.74, 6) is 0. The van der Waals surface area contributed by atoms with Crippen molar-refractivity contribution < 1.29 is 13.2 Å². The quantitative estimate of drug-likeness (QED) is 0.536. The van der Waals surface area contributed by atoms with E-state index in [1.54, 1.807) is 7.11 Å². The number of nitrogens with one attached hydrogen (secondary N) is 3. The Kier molecular flexibility index (Phi) is 7.00. The van der Waals surface area contributed by atoms with Gasteiger partial charge in [0.25, 0.3) is 10.0 Å². The van der Waals surface area contributed by atoms with E-state index in [0.717, 1.165) is 19.4 Å². The molecule has 0 aliphatic rings. The number of nitrogens with zero attached hydrogens (tertiary/aromatic N) is 1. The van der Waals surface area contributed by atoms with Crippen LogP contribution in [0, 0.1) is 0 Å². The van der Waals surface area contributed by atoms with E-state index in [1.807, 2.05) is 6.92 Å². The Balaban J connectivity index is 2.54. The van der Waals surface area contributed by atoms with Gasteiger partial charge in [0.05, 0.1) is 6.20 Å². The summed E-state index contributed by atoms with van der Waals surface area (Å²) in [6.45, 7) is 4.24. The zero-order valence-corrected chi connectivity index (χ0v) is 12.2. The predicted molar refractivity (Wildman–Crippen MR) is 72.3 cm³/mol. The third kappa shape index (κ3) is 5.27. The maximum Gasteiger partial charge on any atom is 0.257 e. The number of aromatic nitrogens is 2. The number of sulfonamides is 1. The van der Waals surface area contributed by atoms with E-state index in [2.05, 4.69) is 20.2 Å². The number of aromatic amines is 1. The van der Waals surface area contributed by atoms with Crippen LogP contribution in [0.2, 0.25) is 0 Å². The number of ether oxygens (including phenoxy) is 1. The summed E-state index contributed by atoms with van der Waals surface area (Å²) < 4.78 is 31.6. The van der Waals surface area contributed by atoms with Gasteiger partial charge in [0.1, 0.15) is 0 Å². The lowest BCUT2D eigenvalue weighted by atomic mass is 10.3. The largest absolute Gasteiger partial charge is 0.385 e. The molecule has 0 radical (unpaired) electrons. The second kappa shape index (κ2) is 8.26. The number of rotatable bonds is 10. The van der Waals surface area contributed by atoms with E-state index in [9.17, 15) is 8.42 Å². The first-order valence-electron chi connectivity index (χ1n) is 6.33. The minimum absolute atomic E-state index is 0.139. The Morgan fingerprint density at radius 2 is 2.21 bits per heavy atom. The first-order valence-corrected chi connectivity index (χ1v) is 7.81. The van der Waals surface area contributed by atoms with Crippen LogP contribution < -0.4 is 10.0 Å². The molecular weight excluding hydrogens is 268 g/mol. The third-order valence-corrected chi connectivity index (χ3v) is 4.05. The highest BCUT2D eigenvalue weighted by Gasteiger charge is 2.19. The molecule has 0 unspecified atom stereocenters. The van der Waals surface area contributed by atoms with Crippen molar-refractivity contribution in [1.29, 1.82) is 0 Å². The van der Waals surface area contributed by atoms with Gasteiger partial charge in [0.15, 0.2) is 5.03 Å². The Morgan fingerprint density at radius 3 is 2.89 bits per heavy atom. The molecule has 0 aliphatic heterocycles. The fourth-order valence-corrected chi connectivity index (χ4v) is 2.77. The molecule has 0 fully saturated rings. The van der Waals surface area contributed by atoms with E-state index in [-0.39, 0.29) is 5.03 Å². The van der Waals surface area contributed by atoms with Crippen molar-refractivity contribution in [2.75, 3.05) is 26.8 Å². The molecular formula is C11H22N4O3S. The molecule has 110 valence electrons. The Hall–Kier alpha value is -0.960. The molecule has 7 nitrogen and oxygen atoms in total. The van der Waals surface area contributed by atoms with Gasteiger partial charge < -0.3 is 10.1 Å². The molecule has 0 saturated carbocycles. The van der Waals surface area contributed by atoms with E-state index < -0.39 is 10.0 Å². The van der Waals surface area contributed by atoms with Crippen molar-refractivity contribution in [3.05, 3.63) is 11.8 Å². The van der Waals surface area contributed by atoms with Crippen LogP contribution >= 0.6 is 0 Å². The summed E-state index contributed by atoms with van der Waals surface area (Å²) in [7, 11) is -1.89. The first-order chi connectivity index (χ1) is 9.11. The first kappa shape index (κ1) is 16.1. The number of H-pyrrole nitrogens is 1. The Morgan fingerprint density at radius 1 is 1.42 bits per heavy atom. The van der Waals surface area contributed by atoms with Crippen LogP contribution in [0.3, 0.4) is 0 Å². The highest BCUT2D eigenvalue weighted by Crippen LogP contribution is 2.11. The second-order valence-corrected chi connectivity index (χ2v) is 5.81. The van der Waals surface area contributed by atoms with Crippen molar-refractivity contribution in [3.63, 3.8) is 0 Å². The number of methoxy groups -OCH3 is 1. The lowest BCUT2D eigenvalue weighted by Crippen LogP contribution is -2.27. The molecule has 0 aliphatic carbocycles. The predicted octanol–water partition coefficient (Wildman–Crippen LogP) is 0.224. The lowest BCUT2D eigenvalue weighted by Gasteiger charge is -2.07. The van der Waals surface area contributed by atoms with Crippen molar-refractivity contribution in [3.8, 4) is 0 Å². The minimum Gasteiger partial charge on any atom is -0.385 e. The van der Waals surface area contributed by atoms with Gasteiger partial charge >= 0.3 is 0 Å². The summed E-state index contributed by atoms with van der Waals surface area (Å²) >= 11 is 0. The van der Waals surface area contributed by atoms with Crippen molar-refractivity contribution in [2.24, 2.45) is 0 Å². The van der Waals surface area contributed by atoms with Gasteiger partial charge in [0, 0.05) is 32.4 Å². The van der Waals surface area contributed by atoms with Crippen molar-refractivity contribution >= 4 is 10.0 Å². The Labute approximate surface area is 114 Å². The third-order valence-electron chi connectivity index (χ3n) is 2.58. The molecule has 3 N–H and O–H groups in total. The van der Waals surface area contributed by atoms with Crippen LogP contribution in [-0.4, -0.2) is 45.4 Å². The summed E-state index contributed by atoms with van der Waals surface area (Å²) in [5, 5.41) is 9.55. The van der Waals surface area contributed by atoms with Gasteiger partial charge in [-0.15, -0.1) is 0 Å². The normalized spacial score (nSPS) is 11.9. The summed E-state index contributed by atoms with van der Waals surface area (Å²) in [5.41, 5.74) is 0.645. The van der Waals surface area contributed by atoms with Crippen LogP contribution in [0.15, 0.2) is 11.2 Å². The van der Waals surface area contributed by atoms with Gasteiger partial charge in [-0.3, -0.25) is 5.10 Å². The number of hydrogen-bond donors (Lipinski definition) is 3. The van der Waals surface area contributed by atoms with E-state index >= 15 is 0 Å². The second-order valence-electron chi connectivity index (χ2n) is 4.10. The zero-order chi connectivity index (χ0) is 14.1. The van der Waals surface area contributed by atoms with Gasteiger partial charge in [0.2, 0.25) is 0 Å². The summed E-state index contributed by atoms with van der Waals surface area (Å²) in [6, 6.07) is 0. The molecule has 1 heterocycles. The van der Waals surface area contributed by atoms with Crippen LogP contribution in [0.25, 0.3) is 0 Å². The molecule has 0 aromatic carbocycles. The summed E-state index contributed by atoms with van der Waals surface area (Å²) in [6.07, 6.45) is 3.10. The topological polar surface area (TPSA) is 96.1 Å². The molecule has 1 aromatic rings. The standard InChI is InChI=1S/C11H22N4O3S/c1-3-12-8-10-9-13-15-11(10)19(16,17)14-6-4-5-7-18-2/h9,12,14H,3-8H2,1-2H3,(H,13,15). The maximum atomic E-state index is 12.1. The lowest BCUT2D eigenvalue weighted by molar-refractivity contribution is 0.193. The average molecular weight is 290 g/mol. The zero-order valence-electron chi connectivity index (χ0n) is 11.4. The van der Waals surface area contributed by atoms with E-state index in [1.165, 1.54) is 6.20 Å². The molecule has 1 aromatic heterocycles. The fourth-order valence-electron chi connectivity index (χ4n) is 1.57. The highest BCUT2D eigenvalue weighted by molar-refractivity contribution is 7.89. The van der Waals surface area contributed by atoms with E-state index in [0.29, 0.717) is 25.3 Å².